The highest BCUT2D eigenvalue weighted by atomic mass is 35.5. The molecule has 2 aliphatic heterocycles. The number of nitrogens with zero attached hydrogens (tertiary/aromatic N) is 1. The molecule has 2 atom stereocenters. The molecule has 0 aliphatic carbocycles. The average Bonchev–Trinajstić information content (AvgIpc) is 3.19. The highest BCUT2D eigenvalue weighted by molar-refractivity contribution is 6.67. The van der Waals surface area contributed by atoms with E-state index in [2.05, 4.69) is 0 Å². The van der Waals surface area contributed by atoms with E-state index < -0.39 is 5.37 Å². The molecule has 2 aliphatic rings. The van der Waals surface area contributed by atoms with Crippen molar-refractivity contribution < 1.29 is 9.53 Å². The van der Waals surface area contributed by atoms with Crippen molar-refractivity contribution in [3.63, 3.8) is 0 Å². The van der Waals surface area contributed by atoms with Crippen molar-refractivity contribution in [2.75, 3.05) is 4.90 Å². The van der Waals surface area contributed by atoms with E-state index in [1.165, 1.54) is 0 Å². The minimum absolute atomic E-state index is 0.0263. The van der Waals surface area contributed by atoms with E-state index in [0.717, 1.165) is 22.5 Å². The molecule has 1 amide bonds. The highest BCUT2D eigenvalue weighted by Crippen LogP contribution is 2.58. The number of para-hydroxylation sites is 2. The number of anilines is 2. The van der Waals surface area contributed by atoms with Crippen molar-refractivity contribution in [1.29, 1.82) is 0 Å². The second kappa shape index (κ2) is 3.83. The van der Waals surface area contributed by atoms with Gasteiger partial charge in [-0.1, -0.05) is 36.4 Å². The van der Waals surface area contributed by atoms with E-state index >= 15 is 0 Å². The molecule has 0 saturated carbocycles. The molecule has 94 valence electrons. The monoisotopic (exact) mass is 271 g/mol. The van der Waals surface area contributed by atoms with Crippen LogP contribution in [0.2, 0.25) is 0 Å². The Morgan fingerprint density at radius 3 is 1.89 bits per heavy atom. The van der Waals surface area contributed by atoms with Crippen LogP contribution in [0.25, 0.3) is 0 Å². The van der Waals surface area contributed by atoms with Crippen molar-refractivity contribution in [1.82, 2.24) is 0 Å². The first-order valence-electron chi connectivity index (χ1n) is 6.10. The highest BCUT2D eigenvalue weighted by Gasteiger charge is 2.47. The summed E-state index contributed by atoms with van der Waals surface area (Å²) in [6, 6.07) is 15.5. The van der Waals surface area contributed by atoms with Crippen LogP contribution in [0, 0.1) is 0 Å². The number of epoxide rings is 1. The zero-order chi connectivity index (χ0) is 13.0. The summed E-state index contributed by atoms with van der Waals surface area (Å²) >= 11 is 5.79. The number of amides is 1. The second-order valence-corrected chi connectivity index (χ2v) is 5.01. The zero-order valence-corrected chi connectivity index (χ0v) is 10.7. The van der Waals surface area contributed by atoms with Gasteiger partial charge in [-0.25, -0.2) is 0 Å². The Morgan fingerprint density at radius 1 is 0.947 bits per heavy atom. The first-order valence-corrected chi connectivity index (χ1v) is 6.48. The van der Waals surface area contributed by atoms with Gasteiger partial charge in [-0.05, 0) is 23.7 Å². The van der Waals surface area contributed by atoms with Gasteiger partial charge in [0.15, 0.2) is 0 Å². The molecule has 4 heteroatoms. The third kappa shape index (κ3) is 1.52. The van der Waals surface area contributed by atoms with Gasteiger partial charge in [0, 0.05) is 11.1 Å². The number of benzene rings is 2. The molecule has 19 heavy (non-hydrogen) atoms. The van der Waals surface area contributed by atoms with Crippen molar-refractivity contribution in [3.05, 3.63) is 59.7 Å². The molecule has 0 radical (unpaired) electrons. The summed E-state index contributed by atoms with van der Waals surface area (Å²) in [5.41, 5.74) is 3.63. The van der Waals surface area contributed by atoms with Gasteiger partial charge in [-0.2, -0.15) is 0 Å². The number of rotatable bonds is 0. The van der Waals surface area contributed by atoms with Crippen molar-refractivity contribution in [3.8, 4) is 0 Å². The summed E-state index contributed by atoms with van der Waals surface area (Å²) in [4.78, 5) is 13.4. The smallest absolute Gasteiger partial charge is 0.325 e. The molecule has 3 nitrogen and oxygen atoms in total. The van der Waals surface area contributed by atoms with Crippen LogP contribution < -0.4 is 4.90 Å². The number of fused-ring (bicyclic) bond motifs is 5. The maximum Gasteiger partial charge on any atom is 0.325 e. The van der Waals surface area contributed by atoms with Crippen molar-refractivity contribution in [2.45, 2.75) is 12.2 Å². The van der Waals surface area contributed by atoms with Crippen molar-refractivity contribution >= 4 is 28.3 Å². The Hall–Kier alpha value is -1.84. The fourth-order valence-corrected chi connectivity index (χ4v) is 2.95. The van der Waals surface area contributed by atoms with Gasteiger partial charge in [-0.15, -0.1) is 0 Å². The molecule has 0 aromatic heterocycles. The molecular formula is C15H10ClNO2. The Morgan fingerprint density at radius 2 is 1.42 bits per heavy atom. The summed E-state index contributed by atoms with van der Waals surface area (Å²) in [6.07, 6.45) is 0.0525. The topological polar surface area (TPSA) is 32.8 Å². The number of halogens is 1. The van der Waals surface area contributed by atoms with Gasteiger partial charge in [0.1, 0.15) is 12.2 Å². The summed E-state index contributed by atoms with van der Waals surface area (Å²) < 4.78 is 5.76. The van der Waals surface area contributed by atoms with E-state index in [0.29, 0.717) is 0 Å². The molecule has 1 fully saturated rings. The fourth-order valence-electron chi connectivity index (χ4n) is 2.77. The van der Waals surface area contributed by atoms with Crippen LogP contribution in [0.1, 0.15) is 23.3 Å². The molecule has 2 heterocycles. The summed E-state index contributed by atoms with van der Waals surface area (Å²) in [5, 5.41) is -0.499. The number of hydrogen-bond acceptors (Lipinski definition) is 2. The third-order valence-electron chi connectivity index (χ3n) is 3.64. The Bertz CT molecular complexity index is 634. The normalized spacial score (nSPS) is 22.9. The first-order chi connectivity index (χ1) is 9.27. The van der Waals surface area contributed by atoms with Crippen LogP contribution in [-0.2, 0) is 4.74 Å². The van der Waals surface area contributed by atoms with Crippen LogP contribution in [0.15, 0.2) is 48.5 Å². The van der Waals surface area contributed by atoms with Gasteiger partial charge in [0.05, 0.1) is 11.4 Å². The fraction of sp³-hybridized carbons (Fsp3) is 0.133. The Kier molecular flexibility index (Phi) is 2.22. The maximum atomic E-state index is 11.8. The number of hydrogen-bond donors (Lipinski definition) is 0. The zero-order valence-electron chi connectivity index (χ0n) is 9.92. The van der Waals surface area contributed by atoms with E-state index in [4.69, 9.17) is 16.3 Å². The molecule has 2 aromatic carbocycles. The molecule has 1 saturated heterocycles. The molecule has 2 aromatic rings. The van der Waals surface area contributed by atoms with Crippen LogP contribution in [0.3, 0.4) is 0 Å². The number of carbonyl (C=O) groups is 1. The predicted molar refractivity (Wildman–Crippen MR) is 72.8 cm³/mol. The minimum Gasteiger partial charge on any atom is -0.359 e. The van der Waals surface area contributed by atoms with Gasteiger partial charge < -0.3 is 4.74 Å². The molecule has 0 bridgehead atoms. The molecule has 0 N–H and O–H groups in total. The lowest BCUT2D eigenvalue weighted by Gasteiger charge is -2.22. The minimum atomic E-state index is -0.499. The number of ether oxygens (including phenoxy) is 1. The number of carbonyl (C=O) groups excluding carboxylic acids is 1. The Balaban J connectivity index is 2.02. The standard InChI is InChI=1S/C15H10ClNO2/c16-15(18)17-11-7-3-1-5-9(11)13-14(19-13)10-6-2-4-8-12(10)17/h1-8,13-14H/t13-,14-/m0/s1. The van der Waals surface area contributed by atoms with Crippen LogP contribution in [0.5, 0.6) is 0 Å². The SMILES string of the molecule is O=C(Cl)N1c2ccccc2[C@@H]2O[C@H]2c2ccccc21. The largest absolute Gasteiger partial charge is 0.359 e. The second-order valence-electron chi connectivity index (χ2n) is 4.68. The van der Waals surface area contributed by atoms with Crippen molar-refractivity contribution in [2.24, 2.45) is 0 Å². The Labute approximate surface area is 115 Å². The van der Waals surface area contributed by atoms with Crippen LogP contribution in [-0.4, -0.2) is 5.37 Å². The molecule has 0 unspecified atom stereocenters. The summed E-state index contributed by atoms with van der Waals surface area (Å²) in [5.74, 6) is 0. The maximum absolute atomic E-state index is 11.8. The molecule has 0 spiro atoms. The van der Waals surface area contributed by atoms with E-state index in [-0.39, 0.29) is 12.2 Å². The lowest BCUT2D eigenvalue weighted by Crippen LogP contribution is -2.21. The van der Waals surface area contributed by atoms with Gasteiger partial charge in [0.25, 0.3) is 0 Å². The molecule has 4 rings (SSSR count). The van der Waals surface area contributed by atoms with E-state index in [9.17, 15) is 4.79 Å². The van der Waals surface area contributed by atoms with Crippen LogP contribution >= 0.6 is 11.6 Å². The summed E-state index contributed by atoms with van der Waals surface area (Å²) in [7, 11) is 0. The third-order valence-corrected chi connectivity index (χ3v) is 3.80. The van der Waals surface area contributed by atoms with Crippen LogP contribution in [0.4, 0.5) is 16.2 Å². The lowest BCUT2D eigenvalue weighted by atomic mass is 10.0. The first kappa shape index (κ1) is 11.0. The summed E-state index contributed by atoms with van der Waals surface area (Å²) in [6.45, 7) is 0. The van der Waals surface area contributed by atoms with Gasteiger partial charge in [0.2, 0.25) is 0 Å². The van der Waals surface area contributed by atoms with Gasteiger partial charge in [-0.3, -0.25) is 9.69 Å². The van der Waals surface area contributed by atoms with E-state index in [1.54, 1.807) is 4.90 Å². The molecular weight excluding hydrogens is 262 g/mol. The quantitative estimate of drug-likeness (QED) is 0.406. The predicted octanol–water partition coefficient (Wildman–Crippen LogP) is 4.31. The van der Waals surface area contributed by atoms with Gasteiger partial charge >= 0.3 is 5.37 Å². The van der Waals surface area contributed by atoms with E-state index in [1.807, 2.05) is 48.5 Å². The lowest BCUT2D eigenvalue weighted by molar-refractivity contribution is 0.266. The average molecular weight is 272 g/mol.